The average molecular weight is 403 g/mol. The highest BCUT2D eigenvalue weighted by molar-refractivity contribution is 7.91. The van der Waals surface area contributed by atoms with Crippen LogP contribution in [0.25, 0.3) is 0 Å². The Balaban J connectivity index is 1.39. The first-order valence-electron chi connectivity index (χ1n) is 9.49. The van der Waals surface area contributed by atoms with Gasteiger partial charge in [0.25, 0.3) is 5.91 Å². The molecule has 2 fully saturated rings. The van der Waals surface area contributed by atoms with Crippen molar-refractivity contribution in [2.24, 2.45) is 0 Å². The lowest BCUT2D eigenvalue weighted by molar-refractivity contribution is 0.102. The van der Waals surface area contributed by atoms with Gasteiger partial charge in [-0.15, -0.1) is 0 Å². The van der Waals surface area contributed by atoms with Gasteiger partial charge in [-0.05, 0) is 37.5 Å². The number of benzene rings is 1. The summed E-state index contributed by atoms with van der Waals surface area (Å²) < 4.78 is 36.6. The van der Waals surface area contributed by atoms with Crippen LogP contribution in [0.1, 0.15) is 47.4 Å². The number of fused-ring (bicyclic) bond motifs is 1. The molecule has 0 bridgehead atoms. The van der Waals surface area contributed by atoms with Crippen molar-refractivity contribution < 1.29 is 22.7 Å². The van der Waals surface area contributed by atoms with Crippen LogP contribution in [0.5, 0.6) is 11.5 Å². The van der Waals surface area contributed by atoms with Crippen LogP contribution in [-0.2, 0) is 9.84 Å². The smallest absolute Gasteiger partial charge is 0.276 e. The molecule has 1 unspecified atom stereocenters. The molecule has 148 valence electrons. The van der Waals surface area contributed by atoms with Crippen LogP contribution in [0, 0.1) is 0 Å². The molecule has 1 N–H and O–H groups in total. The van der Waals surface area contributed by atoms with Crippen molar-refractivity contribution in [1.82, 2.24) is 9.78 Å². The molecule has 5 rings (SSSR count). The lowest BCUT2D eigenvalue weighted by Gasteiger charge is -2.18. The number of ether oxygens (including phenoxy) is 2. The Morgan fingerprint density at radius 2 is 1.89 bits per heavy atom. The van der Waals surface area contributed by atoms with E-state index in [0.29, 0.717) is 48.4 Å². The van der Waals surface area contributed by atoms with Gasteiger partial charge in [0.15, 0.2) is 27.0 Å². The van der Waals surface area contributed by atoms with Crippen LogP contribution in [0.3, 0.4) is 0 Å². The molecule has 1 aromatic heterocycles. The second kappa shape index (κ2) is 6.51. The van der Waals surface area contributed by atoms with E-state index in [0.717, 1.165) is 18.5 Å². The molecule has 2 aromatic rings. The van der Waals surface area contributed by atoms with Gasteiger partial charge >= 0.3 is 0 Å². The first-order chi connectivity index (χ1) is 13.5. The van der Waals surface area contributed by atoms with Gasteiger partial charge in [0.05, 0.1) is 17.5 Å². The summed E-state index contributed by atoms with van der Waals surface area (Å²) in [6.45, 7) is 0.987. The van der Waals surface area contributed by atoms with E-state index >= 15 is 0 Å². The Hall–Kier alpha value is -2.55. The number of carbonyl (C=O) groups excluding carboxylic acids is 1. The SMILES string of the molecule is O=C(Nc1ccc2c(c1)OCCO2)c1cc(C2CC2)n(C2CCS(=O)(=O)C2)n1. The minimum atomic E-state index is -3.02. The number of hydrogen-bond donors (Lipinski definition) is 1. The van der Waals surface area contributed by atoms with Crippen molar-refractivity contribution in [3.05, 3.63) is 35.7 Å². The van der Waals surface area contributed by atoms with E-state index in [1.807, 2.05) is 0 Å². The molecule has 8 nitrogen and oxygen atoms in total. The molecule has 3 heterocycles. The van der Waals surface area contributed by atoms with E-state index in [1.54, 1.807) is 28.9 Å². The maximum Gasteiger partial charge on any atom is 0.276 e. The summed E-state index contributed by atoms with van der Waals surface area (Å²) in [4.78, 5) is 12.8. The second-order valence-electron chi connectivity index (χ2n) is 7.54. The number of sulfone groups is 1. The normalized spacial score (nSPS) is 22.8. The molecule has 9 heteroatoms. The van der Waals surface area contributed by atoms with Crippen molar-refractivity contribution in [2.45, 2.75) is 31.2 Å². The number of carbonyl (C=O) groups is 1. The number of aromatic nitrogens is 2. The molecule has 1 saturated carbocycles. The van der Waals surface area contributed by atoms with Gasteiger partial charge < -0.3 is 14.8 Å². The zero-order valence-corrected chi connectivity index (χ0v) is 16.1. The van der Waals surface area contributed by atoms with Crippen molar-refractivity contribution in [3.63, 3.8) is 0 Å². The molecule has 2 aliphatic heterocycles. The molecule has 1 aromatic carbocycles. The average Bonchev–Trinajstić information content (AvgIpc) is 3.32. The number of nitrogens with zero attached hydrogens (tertiary/aromatic N) is 2. The van der Waals surface area contributed by atoms with Crippen LogP contribution >= 0.6 is 0 Å². The van der Waals surface area contributed by atoms with Crippen molar-refractivity contribution in [3.8, 4) is 11.5 Å². The number of rotatable bonds is 4. The Morgan fingerprint density at radius 3 is 2.61 bits per heavy atom. The molecule has 0 radical (unpaired) electrons. The van der Waals surface area contributed by atoms with E-state index in [4.69, 9.17) is 9.47 Å². The minimum absolute atomic E-state index is 0.0949. The molecular formula is C19H21N3O5S. The van der Waals surface area contributed by atoms with Crippen LogP contribution in [0.15, 0.2) is 24.3 Å². The van der Waals surface area contributed by atoms with Crippen LogP contribution in [-0.4, -0.2) is 48.8 Å². The molecule has 1 atom stereocenters. The van der Waals surface area contributed by atoms with Gasteiger partial charge in [-0.25, -0.2) is 8.42 Å². The summed E-state index contributed by atoms with van der Waals surface area (Å²) in [6.07, 6.45) is 2.65. The summed E-state index contributed by atoms with van der Waals surface area (Å²) in [5.74, 6) is 1.58. The number of nitrogens with one attached hydrogen (secondary N) is 1. The number of hydrogen-bond acceptors (Lipinski definition) is 6. The monoisotopic (exact) mass is 403 g/mol. The minimum Gasteiger partial charge on any atom is -0.486 e. The predicted octanol–water partition coefficient (Wildman–Crippen LogP) is 2.14. The molecular weight excluding hydrogens is 382 g/mol. The highest BCUT2D eigenvalue weighted by Gasteiger charge is 2.36. The van der Waals surface area contributed by atoms with Crippen molar-refractivity contribution in [1.29, 1.82) is 0 Å². The Bertz CT molecular complexity index is 1040. The fourth-order valence-corrected chi connectivity index (χ4v) is 5.47. The van der Waals surface area contributed by atoms with Crippen LogP contribution in [0.4, 0.5) is 5.69 Å². The maximum atomic E-state index is 12.8. The number of anilines is 1. The summed E-state index contributed by atoms with van der Waals surface area (Å²) in [7, 11) is -3.02. The molecule has 0 spiro atoms. The lowest BCUT2D eigenvalue weighted by Crippen LogP contribution is -2.18. The summed E-state index contributed by atoms with van der Waals surface area (Å²) >= 11 is 0. The van der Waals surface area contributed by atoms with Gasteiger partial charge in [-0.3, -0.25) is 9.48 Å². The second-order valence-corrected chi connectivity index (χ2v) is 9.77. The summed E-state index contributed by atoms with van der Waals surface area (Å²) in [5, 5.41) is 7.33. The van der Waals surface area contributed by atoms with E-state index in [2.05, 4.69) is 10.4 Å². The highest BCUT2D eigenvalue weighted by atomic mass is 32.2. The third kappa shape index (κ3) is 3.34. The maximum absolute atomic E-state index is 12.8. The Morgan fingerprint density at radius 1 is 1.11 bits per heavy atom. The van der Waals surface area contributed by atoms with Gasteiger partial charge in [0.1, 0.15) is 13.2 Å². The third-order valence-corrected chi connectivity index (χ3v) is 7.10. The quantitative estimate of drug-likeness (QED) is 0.840. The Labute approximate surface area is 162 Å². The zero-order valence-electron chi connectivity index (χ0n) is 15.3. The molecule has 1 saturated heterocycles. The molecule has 3 aliphatic rings. The van der Waals surface area contributed by atoms with E-state index in [9.17, 15) is 13.2 Å². The number of amides is 1. The van der Waals surface area contributed by atoms with Crippen molar-refractivity contribution >= 4 is 21.4 Å². The van der Waals surface area contributed by atoms with Crippen molar-refractivity contribution in [2.75, 3.05) is 30.0 Å². The topological polar surface area (TPSA) is 99.5 Å². The van der Waals surface area contributed by atoms with Gasteiger partial charge in [-0.1, -0.05) is 0 Å². The van der Waals surface area contributed by atoms with Gasteiger partial charge in [-0.2, -0.15) is 5.10 Å². The summed E-state index contributed by atoms with van der Waals surface area (Å²) in [6, 6.07) is 6.87. The predicted molar refractivity (Wildman–Crippen MR) is 102 cm³/mol. The van der Waals surface area contributed by atoms with E-state index in [1.165, 1.54) is 0 Å². The fraction of sp³-hybridized carbons (Fsp3) is 0.474. The highest BCUT2D eigenvalue weighted by Crippen LogP contribution is 2.42. The first-order valence-corrected chi connectivity index (χ1v) is 11.3. The lowest BCUT2D eigenvalue weighted by atomic mass is 10.2. The summed E-state index contributed by atoms with van der Waals surface area (Å²) in [5.41, 5.74) is 1.87. The van der Waals surface area contributed by atoms with Gasteiger partial charge in [0.2, 0.25) is 0 Å². The third-order valence-electron chi connectivity index (χ3n) is 5.35. The first kappa shape index (κ1) is 17.5. The fourth-order valence-electron chi connectivity index (χ4n) is 3.78. The van der Waals surface area contributed by atoms with E-state index < -0.39 is 9.84 Å². The molecule has 28 heavy (non-hydrogen) atoms. The Kier molecular flexibility index (Phi) is 4.08. The molecule has 1 amide bonds. The van der Waals surface area contributed by atoms with E-state index in [-0.39, 0.29) is 23.5 Å². The van der Waals surface area contributed by atoms with Crippen LogP contribution in [0.2, 0.25) is 0 Å². The van der Waals surface area contributed by atoms with Crippen LogP contribution < -0.4 is 14.8 Å². The van der Waals surface area contributed by atoms with Gasteiger partial charge in [0, 0.05) is 23.4 Å². The largest absolute Gasteiger partial charge is 0.486 e. The molecule has 1 aliphatic carbocycles. The zero-order chi connectivity index (χ0) is 19.3. The standard InChI is InChI=1S/C19H21N3O5S/c23-19(20-13-3-4-17-18(9-13)27-7-6-26-17)15-10-16(12-1-2-12)22(21-15)14-5-8-28(24,25)11-14/h3-4,9-10,12,14H,1-2,5-8,11H2,(H,20,23).